The van der Waals surface area contributed by atoms with E-state index < -0.39 is 6.10 Å². The molecule has 9 heavy (non-hydrogen) atoms. The largest absolute Gasteiger partial charge is 0.386 e. The summed E-state index contributed by atoms with van der Waals surface area (Å²) >= 11 is 0. The molecule has 0 radical (unpaired) electrons. The smallest absolute Gasteiger partial charge is 0.249 e. The first kappa shape index (κ1) is 6.29. The number of hydrogen-bond donors (Lipinski definition) is 2. The summed E-state index contributed by atoms with van der Waals surface area (Å²) in [4.78, 5) is 10.6. The van der Waals surface area contributed by atoms with Gasteiger partial charge >= 0.3 is 0 Å². The second-order valence-electron chi connectivity index (χ2n) is 2.23. The molecule has 2 N–H and O–H groups in total. The number of carbonyl (C=O) groups excluding carboxylic acids is 1. The highest BCUT2D eigenvalue weighted by Gasteiger charge is 2.30. The highest BCUT2D eigenvalue weighted by atomic mass is 16.3. The molecule has 1 unspecified atom stereocenters. The number of nitrogens with one attached hydrogen (secondary N) is 1. The molecular formula is C6H9NO2. The minimum absolute atomic E-state index is 0.176. The molecule has 1 saturated heterocycles. The maximum atomic E-state index is 10.6. The molecular weight excluding hydrogens is 118 g/mol. The molecule has 0 aliphatic carbocycles. The van der Waals surface area contributed by atoms with E-state index in [1.165, 1.54) is 0 Å². The van der Waals surface area contributed by atoms with Crippen molar-refractivity contribution in [2.75, 3.05) is 0 Å². The van der Waals surface area contributed by atoms with E-state index in [1.54, 1.807) is 6.92 Å². The topological polar surface area (TPSA) is 49.3 Å². The molecule has 0 aromatic heterocycles. The molecule has 0 bridgehead atoms. The lowest BCUT2D eigenvalue weighted by Gasteiger charge is -2.04. The zero-order valence-corrected chi connectivity index (χ0v) is 5.22. The van der Waals surface area contributed by atoms with Crippen LogP contribution in [0.5, 0.6) is 0 Å². The molecule has 1 fully saturated rings. The summed E-state index contributed by atoms with van der Waals surface area (Å²) in [5.41, 5.74) is 0.266. The van der Waals surface area contributed by atoms with Crippen LogP contribution in [0.15, 0.2) is 12.2 Å². The van der Waals surface area contributed by atoms with Crippen molar-refractivity contribution in [3.8, 4) is 0 Å². The standard InChI is InChI=1S/C6H9NO2/c1-3-5(8)4(2)7-6(3)9/h4-5,8H,1H2,2H3,(H,7,9)/t4?,5-/m0/s1. The third kappa shape index (κ3) is 0.833. The number of rotatable bonds is 0. The van der Waals surface area contributed by atoms with Crippen molar-refractivity contribution in [2.45, 2.75) is 19.1 Å². The van der Waals surface area contributed by atoms with Crippen LogP contribution in [0.4, 0.5) is 0 Å². The normalized spacial score (nSPS) is 34.9. The lowest BCUT2D eigenvalue weighted by Crippen LogP contribution is -2.27. The van der Waals surface area contributed by atoms with Crippen molar-refractivity contribution in [1.29, 1.82) is 0 Å². The molecule has 1 heterocycles. The minimum Gasteiger partial charge on any atom is -0.386 e. The summed E-state index contributed by atoms with van der Waals surface area (Å²) in [6.45, 7) is 5.14. The molecule has 0 saturated carbocycles. The van der Waals surface area contributed by atoms with Crippen LogP contribution < -0.4 is 5.32 Å². The van der Waals surface area contributed by atoms with Gasteiger partial charge in [-0.3, -0.25) is 4.79 Å². The van der Waals surface area contributed by atoms with Crippen molar-refractivity contribution < 1.29 is 9.90 Å². The van der Waals surface area contributed by atoms with Crippen molar-refractivity contribution in [3.05, 3.63) is 12.2 Å². The van der Waals surface area contributed by atoms with Gasteiger partial charge in [-0.05, 0) is 6.92 Å². The third-order valence-electron chi connectivity index (χ3n) is 1.48. The maximum absolute atomic E-state index is 10.6. The van der Waals surface area contributed by atoms with E-state index in [4.69, 9.17) is 5.11 Å². The molecule has 3 nitrogen and oxygen atoms in total. The Hall–Kier alpha value is -0.830. The number of aliphatic hydroxyl groups is 1. The van der Waals surface area contributed by atoms with Crippen LogP contribution in [0.2, 0.25) is 0 Å². The van der Waals surface area contributed by atoms with E-state index in [-0.39, 0.29) is 17.5 Å². The van der Waals surface area contributed by atoms with E-state index in [0.717, 1.165) is 0 Å². The van der Waals surface area contributed by atoms with Gasteiger partial charge in [0.15, 0.2) is 0 Å². The molecule has 1 rings (SSSR count). The predicted octanol–water partition coefficient (Wildman–Crippen LogP) is -0.578. The number of aliphatic hydroxyl groups excluding tert-OH is 1. The Bertz CT molecular complexity index is 164. The van der Waals surface area contributed by atoms with Gasteiger partial charge in [0, 0.05) is 5.57 Å². The molecule has 0 aromatic rings. The molecule has 3 heteroatoms. The van der Waals surface area contributed by atoms with Gasteiger partial charge in [-0.2, -0.15) is 0 Å². The average Bonchev–Trinajstić information content (AvgIpc) is 1.98. The molecule has 1 amide bonds. The average molecular weight is 127 g/mol. The highest BCUT2D eigenvalue weighted by molar-refractivity contribution is 5.96. The summed E-state index contributed by atoms with van der Waals surface area (Å²) in [7, 11) is 0. The summed E-state index contributed by atoms with van der Waals surface area (Å²) in [5.74, 6) is -0.241. The van der Waals surface area contributed by atoms with Crippen LogP contribution in [0.3, 0.4) is 0 Å². The number of hydrogen-bond acceptors (Lipinski definition) is 2. The highest BCUT2D eigenvalue weighted by Crippen LogP contribution is 2.11. The SMILES string of the molecule is C=C1C(=O)NC(C)[C@H]1O. The molecule has 1 aliphatic heterocycles. The van der Waals surface area contributed by atoms with Gasteiger partial charge in [-0.25, -0.2) is 0 Å². The molecule has 1 aliphatic rings. The Balaban J connectivity index is 2.77. The summed E-state index contributed by atoms with van der Waals surface area (Å²) < 4.78 is 0. The molecule has 50 valence electrons. The van der Waals surface area contributed by atoms with Crippen LogP contribution >= 0.6 is 0 Å². The summed E-state index contributed by atoms with van der Waals surface area (Å²) in [5, 5.41) is 11.6. The Morgan fingerprint density at radius 3 is 2.44 bits per heavy atom. The van der Waals surface area contributed by atoms with Gasteiger partial charge in [0.1, 0.15) is 6.10 Å². The predicted molar refractivity (Wildman–Crippen MR) is 32.8 cm³/mol. The molecule has 0 aromatic carbocycles. The Morgan fingerprint density at radius 2 is 2.33 bits per heavy atom. The maximum Gasteiger partial charge on any atom is 0.249 e. The second kappa shape index (κ2) is 1.84. The van der Waals surface area contributed by atoms with Crippen LogP contribution in [0, 0.1) is 0 Å². The van der Waals surface area contributed by atoms with E-state index >= 15 is 0 Å². The fourth-order valence-corrected chi connectivity index (χ4v) is 0.815. The number of carbonyl (C=O) groups is 1. The third-order valence-corrected chi connectivity index (χ3v) is 1.48. The van der Waals surface area contributed by atoms with Gasteiger partial charge < -0.3 is 10.4 Å². The van der Waals surface area contributed by atoms with Crippen molar-refractivity contribution in [2.24, 2.45) is 0 Å². The van der Waals surface area contributed by atoms with Gasteiger partial charge in [0.05, 0.1) is 6.04 Å². The first-order valence-electron chi connectivity index (χ1n) is 2.80. The van der Waals surface area contributed by atoms with Crippen molar-refractivity contribution in [1.82, 2.24) is 5.32 Å². The van der Waals surface area contributed by atoms with Crippen LogP contribution in [-0.2, 0) is 4.79 Å². The lowest BCUT2D eigenvalue weighted by atomic mass is 10.1. The fraction of sp³-hybridized carbons (Fsp3) is 0.500. The first-order chi connectivity index (χ1) is 4.13. The molecule has 2 atom stereocenters. The summed E-state index contributed by atoms with van der Waals surface area (Å²) in [6, 6.07) is -0.176. The minimum atomic E-state index is -0.697. The van der Waals surface area contributed by atoms with Gasteiger partial charge in [0.2, 0.25) is 5.91 Å². The summed E-state index contributed by atoms with van der Waals surface area (Å²) in [6.07, 6.45) is -0.697. The Morgan fingerprint density at radius 1 is 1.78 bits per heavy atom. The Kier molecular flexibility index (Phi) is 1.29. The second-order valence-corrected chi connectivity index (χ2v) is 2.23. The monoisotopic (exact) mass is 127 g/mol. The zero-order valence-electron chi connectivity index (χ0n) is 5.22. The quantitative estimate of drug-likeness (QED) is 0.428. The number of amides is 1. The van der Waals surface area contributed by atoms with Gasteiger partial charge in [-0.15, -0.1) is 0 Å². The Labute approximate surface area is 53.4 Å². The molecule has 0 spiro atoms. The zero-order chi connectivity index (χ0) is 7.02. The van der Waals surface area contributed by atoms with E-state index in [0.29, 0.717) is 0 Å². The van der Waals surface area contributed by atoms with Crippen LogP contribution in [0.1, 0.15) is 6.92 Å². The van der Waals surface area contributed by atoms with E-state index in [9.17, 15) is 4.79 Å². The van der Waals surface area contributed by atoms with E-state index in [2.05, 4.69) is 11.9 Å². The van der Waals surface area contributed by atoms with Crippen LogP contribution in [0.25, 0.3) is 0 Å². The van der Waals surface area contributed by atoms with E-state index in [1.807, 2.05) is 0 Å². The first-order valence-corrected chi connectivity index (χ1v) is 2.80. The van der Waals surface area contributed by atoms with Crippen molar-refractivity contribution >= 4 is 5.91 Å². The fourth-order valence-electron chi connectivity index (χ4n) is 0.815. The van der Waals surface area contributed by atoms with Gasteiger partial charge in [-0.1, -0.05) is 6.58 Å². The van der Waals surface area contributed by atoms with Crippen LogP contribution in [-0.4, -0.2) is 23.2 Å². The van der Waals surface area contributed by atoms with Gasteiger partial charge in [0.25, 0.3) is 0 Å². The lowest BCUT2D eigenvalue weighted by molar-refractivity contribution is -0.116. The van der Waals surface area contributed by atoms with Crippen molar-refractivity contribution in [3.63, 3.8) is 0 Å².